The van der Waals surface area contributed by atoms with Crippen molar-refractivity contribution < 1.29 is 4.74 Å². The molecule has 1 aromatic rings. The van der Waals surface area contributed by atoms with Crippen LogP contribution in [0.5, 0.6) is 5.88 Å². The first-order chi connectivity index (χ1) is 6.54. The minimum absolute atomic E-state index is 0.374. The first kappa shape index (κ1) is 9.56. The Labute approximate surface area is 85.1 Å². The minimum atomic E-state index is 0.374. The molecule has 0 radical (unpaired) electrons. The van der Waals surface area contributed by atoms with Gasteiger partial charge in [0, 0.05) is 12.0 Å². The standard InChI is InChI=1S/C11H18N2O/c1-11(2,3)6-9-7-13-10(14-8-9)4-5-12-13/h4-5,9H,6-8H2,1-3H3. The highest BCUT2D eigenvalue weighted by molar-refractivity contribution is 5.09. The van der Waals surface area contributed by atoms with Gasteiger partial charge in [0.25, 0.3) is 0 Å². The van der Waals surface area contributed by atoms with Crippen molar-refractivity contribution in [2.45, 2.75) is 33.7 Å². The maximum atomic E-state index is 5.62. The summed E-state index contributed by atoms with van der Waals surface area (Å²) in [5.41, 5.74) is 0.374. The summed E-state index contributed by atoms with van der Waals surface area (Å²) >= 11 is 0. The lowest BCUT2D eigenvalue weighted by Gasteiger charge is -2.29. The molecule has 2 rings (SSSR count). The third-order valence-corrected chi connectivity index (χ3v) is 2.48. The highest BCUT2D eigenvalue weighted by Crippen LogP contribution is 2.29. The predicted molar refractivity (Wildman–Crippen MR) is 55.3 cm³/mol. The zero-order valence-corrected chi connectivity index (χ0v) is 9.16. The molecule has 1 aromatic heterocycles. The summed E-state index contributed by atoms with van der Waals surface area (Å²) in [6.45, 7) is 8.64. The zero-order chi connectivity index (χ0) is 10.2. The monoisotopic (exact) mass is 194 g/mol. The number of hydrogen-bond acceptors (Lipinski definition) is 2. The van der Waals surface area contributed by atoms with Gasteiger partial charge in [0.2, 0.25) is 5.88 Å². The molecule has 0 aromatic carbocycles. The lowest BCUT2D eigenvalue weighted by atomic mass is 9.85. The van der Waals surface area contributed by atoms with Gasteiger partial charge < -0.3 is 4.74 Å². The molecule has 0 saturated carbocycles. The highest BCUT2D eigenvalue weighted by atomic mass is 16.5. The molecule has 0 amide bonds. The van der Waals surface area contributed by atoms with Gasteiger partial charge in [-0.3, -0.25) is 0 Å². The van der Waals surface area contributed by atoms with E-state index in [0.717, 1.165) is 19.0 Å². The average molecular weight is 194 g/mol. The van der Waals surface area contributed by atoms with Crippen LogP contribution in [0.1, 0.15) is 27.2 Å². The lowest BCUT2D eigenvalue weighted by Crippen LogP contribution is -2.29. The van der Waals surface area contributed by atoms with Crippen LogP contribution >= 0.6 is 0 Å². The van der Waals surface area contributed by atoms with E-state index in [-0.39, 0.29) is 0 Å². The summed E-state index contributed by atoms with van der Waals surface area (Å²) in [7, 11) is 0. The van der Waals surface area contributed by atoms with Gasteiger partial charge in [-0.05, 0) is 11.8 Å². The molecule has 0 aliphatic carbocycles. The van der Waals surface area contributed by atoms with E-state index >= 15 is 0 Å². The fourth-order valence-electron chi connectivity index (χ4n) is 2.07. The first-order valence-electron chi connectivity index (χ1n) is 5.19. The smallest absolute Gasteiger partial charge is 0.211 e. The van der Waals surface area contributed by atoms with Crippen LogP contribution in [-0.2, 0) is 6.54 Å². The quantitative estimate of drug-likeness (QED) is 0.686. The van der Waals surface area contributed by atoms with E-state index in [2.05, 4.69) is 25.9 Å². The normalized spacial score (nSPS) is 21.5. The van der Waals surface area contributed by atoms with Crippen molar-refractivity contribution in [3.05, 3.63) is 12.3 Å². The van der Waals surface area contributed by atoms with E-state index in [4.69, 9.17) is 4.74 Å². The Hall–Kier alpha value is -0.990. The SMILES string of the molecule is CC(C)(C)CC1COc2ccnn2C1. The molecule has 2 heterocycles. The van der Waals surface area contributed by atoms with E-state index in [1.165, 1.54) is 6.42 Å². The maximum Gasteiger partial charge on any atom is 0.211 e. The molecule has 0 spiro atoms. The topological polar surface area (TPSA) is 27.1 Å². The molecule has 0 N–H and O–H groups in total. The van der Waals surface area contributed by atoms with E-state index < -0.39 is 0 Å². The second kappa shape index (κ2) is 3.30. The van der Waals surface area contributed by atoms with Crippen LogP contribution in [0.2, 0.25) is 0 Å². The van der Waals surface area contributed by atoms with Crippen molar-refractivity contribution in [2.75, 3.05) is 6.61 Å². The Morgan fingerprint density at radius 2 is 2.36 bits per heavy atom. The number of aromatic nitrogens is 2. The average Bonchev–Trinajstić information content (AvgIpc) is 2.47. The lowest BCUT2D eigenvalue weighted by molar-refractivity contribution is 0.128. The van der Waals surface area contributed by atoms with E-state index in [1.54, 1.807) is 6.20 Å². The van der Waals surface area contributed by atoms with Crippen LogP contribution in [0.25, 0.3) is 0 Å². The van der Waals surface area contributed by atoms with Crippen molar-refractivity contribution in [2.24, 2.45) is 11.3 Å². The number of ether oxygens (including phenoxy) is 1. The number of nitrogens with zero attached hydrogens (tertiary/aromatic N) is 2. The third kappa shape index (κ3) is 2.08. The summed E-state index contributed by atoms with van der Waals surface area (Å²) in [5.74, 6) is 1.51. The number of hydrogen-bond donors (Lipinski definition) is 0. The molecule has 1 aliphatic rings. The second-order valence-electron chi connectivity index (χ2n) is 5.29. The Morgan fingerprint density at radius 1 is 1.57 bits per heavy atom. The van der Waals surface area contributed by atoms with Crippen LogP contribution in [0.3, 0.4) is 0 Å². The van der Waals surface area contributed by atoms with E-state index in [9.17, 15) is 0 Å². The predicted octanol–water partition coefficient (Wildman–Crippen LogP) is 2.33. The third-order valence-electron chi connectivity index (χ3n) is 2.48. The van der Waals surface area contributed by atoms with Crippen molar-refractivity contribution in [1.82, 2.24) is 9.78 Å². The summed E-state index contributed by atoms with van der Waals surface area (Å²) in [4.78, 5) is 0. The van der Waals surface area contributed by atoms with Gasteiger partial charge in [-0.25, -0.2) is 4.68 Å². The fourth-order valence-corrected chi connectivity index (χ4v) is 2.07. The highest BCUT2D eigenvalue weighted by Gasteiger charge is 2.24. The van der Waals surface area contributed by atoms with Gasteiger partial charge in [0.15, 0.2) is 0 Å². The first-order valence-corrected chi connectivity index (χ1v) is 5.19. The van der Waals surface area contributed by atoms with Crippen LogP contribution in [0, 0.1) is 11.3 Å². The summed E-state index contributed by atoms with van der Waals surface area (Å²) in [6.07, 6.45) is 2.99. The molecule has 14 heavy (non-hydrogen) atoms. The number of rotatable bonds is 1. The molecule has 3 nitrogen and oxygen atoms in total. The van der Waals surface area contributed by atoms with Gasteiger partial charge >= 0.3 is 0 Å². The summed E-state index contributed by atoms with van der Waals surface area (Å²) in [6, 6.07) is 1.92. The Bertz CT molecular complexity index is 311. The van der Waals surface area contributed by atoms with Gasteiger partial charge in [-0.2, -0.15) is 5.10 Å². The second-order valence-corrected chi connectivity index (χ2v) is 5.29. The number of fused-ring (bicyclic) bond motifs is 1. The zero-order valence-electron chi connectivity index (χ0n) is 9.16. The largest absolute Gasteiger partial charge is 0.477 e. The molecule has 0 bridgehead atoms. The Balaban J connectivity index is 2.01. The van der Waals surface area contributed by atoms with Gasteiger partial charge in [0.05, 0.1) is 19.3 Å². The van der Waals surface area contributed by atoms with Crippen LogP contribution in [-0.4, -0.2) is 16.4 Å². The molecule has 1 unspecified atom stereocenters. The Morgan fingerprint density at radius 3 is 3.07 bits per heavy atom. The van der Waals surface area contributed by atoms with Crippen LogP contribution in [0.15, 0.2) is 12.3 Å². The van der Waals surface area contributed by atoms with Crippen molar-refractivity contribution >= 4 is 0 Å². The molecular weight excluding hydrogens is 176 g/mol. The molecule has 0 fully saturated rings. The molecule has 0 saturated heterocycles. The Kier molecular flexibility index (Phi) is 2.25. The molecular formula is C11H18N2O. The minimum Gasteiger partial charge on any atom is -0.477 e. The molecule has 1 atom stereocenters. The van der Waals surface area contributed by atoms with E-state index in [1.807, 2.05) is 10.7 Å². The summed E-state index contributed by atoms with van der Waals surface area (Å²) in [5, 5.41) is 4.23. The van der Waals surface area contributed by atoms with Crippen molar-refractivity contribution in [3.63, 3.8) is 0 Å². The summed E-state index contributed by atoms with van der Waals surface area (Å²) < 4.78 is 7.58. The van der Waals surface area contributed by atoms with Crippen molar-refractivity contribution in [3.8, 4) is 5.88 Å². The van der Waals surface area contributed by atoms with Crippen molar-refractivity contribution in [1.29, 1.82) is 0 Å². The van der Waals surface area contributed by atoms with Crippen LogP contribution in [0.4, 0.5) is 0 Å². The maximum absolute atomic E-state index is 5.62. The molecule has 3 heteroatoms. The fraction of sp³-hybridized carbons (Fsp3) is 0.727. The van der Waals surface area contributed by atoms with Gasteiger partial charge in [-0.15, -0.1) is 0 Å². The van der Waals surface area contributed by atoms with E-state index in [0.29, 0.717) is 11.3 Å². The molecule has 78 valence electrons. The van der Waals surface area contributed by atoms with Gasteiger partial charge in [0.1, 0.15) is 0 Å². The van der Waals surface area contributed by atoms with Crippen LogP contribution < -0.4 is 4.74 Å². The van der Waals surface area contributed by atoms with Gasteiger partial charge in [-0.1, -0.05) is 20.8 Å². The molecule has 1 aliphatic heterocycles.